The maximum absolute atomic E-state index is 13.6. The number of likely N-dealkylation sites (tertiary alicyclic amines) is 1. The number of rotatable bonds is 5. The summed E-state index contributed by atoms with van der Waals surface area (Å²) in [4.78, 5) is 28.7. The van der Waals surface area contributed by atoms with Gasteiger partial charge in [0.05, 0.1) is 5.92 Å². The molecule has 1 amide bonds. The third-order valence-electron chi connectivity index (χ3n) is 7.76. The molecule has 0 radical (unpaired) electrons. The third-order valence-corrected chi connectivity index (χ3v) is 7.76. The normalized spacial score (nSPS) is 21.9. The van der Waals surface area contributed by atoms with E-state index in [4.69, 9.17) is 5.73 Å². The Labute approximate surface area is 207 Å². The highest BCUT2D eigenvalue weighted by atomic mass is 35.5. The molecule has 1 saturated heterocycles. The topological polar surface area (TPSA) is 63.4 Å². The smallest absolute Gasteiger partial charge is 0.231 e. The van der Waals surface area contributed by atoms with Crippen LogP contribution in [0.4, 0.5) is 0 Å². The summed E-state index contributed by atoms with van der Waals surface area (Å²) in [6, 6.07) is 30.8. The van der Waals surface area contributed by atoms with Gasteiger partial charge in [0.1, 0.15) is 5.78 Å². The maximum Gasteiger partial charge on any atom is 0.231 e. The zero-order valence-corrected chi connectivity index (χ0v) is 20.0. The number of carbonyl (C=O) groups is 2. The second-order valence-electron chi connectivity index (χ2n) is 9.32. The number of Topliss-reactive ketones (excluding diaryl/α,β-unsaturated/α-hetero) is 1. The minimum absolute atomic E-state index is 0. The van der Waals surface area contributed by atoms with Gasteiger partial charge in [-0.3, -0.25) is 9.59 Å². The van der Waals surface area contributed by atoms with Crippen LogP contribution in [0.1, 0.15) is 35.4 Å². The van der Waals surface area contributed by atoms with Crippen molar-refractivity contribution in [1.29, 1.82) is 0 Å². The lowest BCUT2D eigenvalue weighted by atomic mass is 9.56. The van der Waals surface area contributed by atoms with E-state index in [0.717, 1.165) is 12.0 Å². The van der Waals surface area contributed by atoms with Gasteiger partial charge in [0.2, 0.25) is 5.91 Å². The second kappa shape index (κ2) is 10.1. The molecule has 0 unspecified atom stereocenters. The van der Waals surface area contributed by atoms with Gasteiger partial charge in [-0.05, 0) is 23.1 Å². The SMILES string of the molecule is Cl.NC[C@@H](C(=O)N1C[C@@H]2C(=O)CCC(c3ccccc3)(c3ccccc3)[C@@H]2C1)c1ccccc1. The lowest BCUT2D eigenvalue weighted by Crippen LogP contribution is -2.47. The molecule has 1 aliphatic carbocycles. The summed E-state index contributed by atoms with van der Waals surface area (Å²) in [5.74, 6) is -0.189. The van der Waals surface area contributed by atoms with Crippen molar-refractivity contribution in [3.63, 3.8) is 0 Å². The Morgan fingerprint density at radius 3 is 1.94 bits per heavy atom. The minimum Gasteiger partial charge on any atom is -0.341 e. The molecule has 34 heavy (non-hydrogen) atoms. The monoisotopic (exact) mass is 474 g/mol. The number of ketones is 1. The molecule has 0 aromatic heterocycles. The van der Waals surface area contributed by atoms with Crippen molar-refractivity contribution in [1.82, 2.24) is 4.90 Å². The lowest BCUT2D eigenvalue weighted by molar-refractivity contribution is -0.131. The Morgan fingerprint density at radius 2 is 1.41 bits per heavy atom. The molecule has 3 aromatic rings. The number of carbonyl (C=O) groups excluding carboxylic acids is 2. The van der Waals surface area contributed by atoms with Gasteiger partial charge in [-0.15, -0.1) is 12.4 Å². The summed E-state index contributed by atoms with van der Waals surface area (Å²) in [6.07, 6.45) is 1.30. The van der Waals surface area contributed by atoms with E-state index in [-0.39, 0.29) is 53.8 Å². The van der Waals surface area contributed by atoms with Crippen LogP contribution in [-0.4, -0.2) is 36.2 Å². The molecule has 5 heteroatoms. The molecule has 2 aliphatic rings. The van der Waals surface area contributed by atoms with Crippen LogP contribution in [0, 0.1) is 11.8 Å². The molecular weight excluding hydrogens is 444 g/mol. The zero-order chi connectivity index (χ0) is 22.8. The molecule has 3 atom stereocenters. The van der Waals surface area contributed by atoms with E-state index in [1.807, 2.05) is 47.4 Å². The zero-order valence-electron chi connectivity index (χ0n) is 19.2. The Hall–Kier alpha value is -2.95. The van der Waals surface area contributed by atoms with Gasteiger partial charge in [-0.25, -0.2) is 0 Å². The van der Waals surface area contributed by atoms with Crippen molar-refractivity contribution in [2.24, 2.45) is 17.6 Å². The molecule has 4 nitrogen and oxygen atoms in total. The Kier molecular flexibility index (Phi) is 7.20. The van der Waals surface area contributed by atoms with Crippen LogP contribution in [0.25, 0.3) is 0 Å². The first-order chi connectivity index (χ1) is 16.1. The van der Waals surface area contributed by atoms with Crippen molar-refractivity contribution in [3.05, 3.63) is 108 Å². The lowest BCUT2D eigenvalue weighted by Gasteiger charge is -2.45. The van der Waals surface area contributed by atoms with Gasteiger partial charge in [-0.1, -0.05) is 91.0 Å². The van der Waals surface area contributed by atoms with Crippen LogP contribution in [0.5, 0.6) is 0 Å². The van der Waals surface area contributed by atoms with E-state index in [0.29, 0.717) is 19.5 Å². The average molecular weight is 475 g/mol. The summed E-state index contributed by atoms with van der Waals surface area (Å²) in [6.45, 7) is 1.31. The van der Waals surface area contributed by atoms with Gasteiger partial charge in [0.15, 0.2) is 0 Å². The molecule has 2 N–H and O–H groups in total. The number of hydrogen-bond acceptors (Lipinski definition) is 3. The van der Waals surface area contributed by atoms with E-state index in [1.165, 1.54) is 11.1 Å². The molecule has 1 heterocycles. The first-order valence-corrected chi connectivity index (χ1v) is 11.8. The van der Waals surface area contributed by atoms with Gasteiger partial charge < -0.3 is 10.6 Å². The van der Waals surface area contributed by atoms with Gasteiger partial charge in [0.25, 0.3) is 0 Å². The van der Waals surface area contributed by atoms with E-state index in [1.54, 1.807) is 0 Å². The minimum atomic E-state index is -0.385. The standard InChI is InChI=1S/C29H30N2O2.ClH/c30-18-24(21-10-4-1-5-11-21)28(33)31-19-25-26(20-31)29(17-16-27(25)32,22-12-6-2-7-13-22)23-14-8-3-9-15-23;/h1-15,24-26H,16-20,30H2;1H/t24-,25+,26-;/m1./s1. The number of halogens is 1. The van der Waals surface area contributed by atoms with Crippen molar-refractivity contribution >= 4 is 24.1 Å². The quantitative estimate of drug-likeness (QED) is 0.589. The van der Waals surface area contributed by atoms with Crippen LogP contribution in [0.2, 0.25) is 0 Å². The average Bonchev–Trinajstić information content (AvgIpc) is 3.34. The van der Waals surface area contributed by atoms with E-state index in [9.17, 15) is 9.59 Å². The van der Waals surface area contributed by atoms with Crippen molar-refractivity contribution < 1.29 is 9.59 Å². The molecule has 5 rings (SSSR count). The van der Waals surface area contributed by atoms with Gasteiger partial charge in [-0.2, -0.15) is 0 Å². The number of fused-ring (bicyclic) bond motifs is 1. The fourth-order valence-corrected chi connectivity index (χ4v) is 6.14. The van der Waals surface area contributed by atoms with Crippen LogP contribution >= 0.6 is 12.4 Å². The van der Waals surface area contributed by atoms with Crippen LogP contribution in [-0.2, 0) is 15.0 Å². The molecule has 1 aliphatic heterocycles. The highest BCUT2D eigenvalue weighted by Gasteiger charge is 2.55. The largest absolute Gasteiger partial charge is 0.341 e. The Bertz CT molecular complexity index is 1080. The predicted molar refractivity (Wildman–Crippen MR) is 137 cm³/mol. The number of amides is 1. The van der Waals surface area contributed by atoms with E-state index < -0.39 is 0 Å². The number of hydrogen-bond donors (Lipinski definition) is 1. The molecule has 0 spiro atoms. The molecule has 1 saturated carbocycles. The summed E-state index contributed by atoms with van der Waals surface area (Å²) < 4.78 is 0. The number of nitrogens with two attached hydrogens (primary N) is 1. The van der Waals surface area contributed by atoms with E-state index in [2.05, 4.69) is 48.5 Å². The summed E-state index contributed by atoms with van der Waals surface area (Å²) in [5.41, 5.74) is 9.17. The molecule has 176 valence electrons. The number of benzene rings is 3. The molecule has 0 bridgehead atoms. The third kappa shape index (κ3) is 4.06. The molecular formula is C29H31ClN2O2. The van der Waals surface area contributed by atoms with Crippen LogP contribution in [0.3, 0.4) is 0 Å². The predicted octanol–water partition coefficient (Wildman–Crippen LogP) is 4.57. The summed E-state index contributed by atoms with van der Waals surface area (Å²) >= 11 is 0. The summed E-state index contributed by atoms with van der Waals surface area (Å²) in [7, 11) is 0. The number of nitrogens with zero attached hydrogens (tertiary/aromatic N) is 1. The van der Waals surface area contributed by atoms with Crippen molar-refractivity contribution in [2.45, 2.75) is 24.2 Å². The Morgan fingerprint density at radius 1 is 0.882 bits per heavy atom. The second-order valence-corrected chi connectivity index (χ2v) is 9.32. The fraction of sp³-hybridized carbons (Fsp3) is 0.310. The Balaban J connectivity index is 0.00000274. The molecule has 2 fully saturated rings. The fourth-order valence-electron chi connectivity index (χ4n) is 6.14. The van der Waals surface area contributed by atoms with Crippen molar-refractivity contribution in [3.8, 4) is 0 Å². The first kappa shape index (κ1) is 24.2. The molecule has 3 aromatic carbocycles. The van der Waals surface area contributed by atoms with Crippen LogP contribution < -0.4 is 5.73 Å². The first-order valence-electron chi connectivity index (χ1n) is 11.8. The van der Waals surface area contributed by atoms with Crippen LogP contribution in [0.15, 0.2) is 91.0 Å². The highest BCUT2D eigenvalue weighted by Crippen LogP contribution is 2.52. The van der Waals surface area contributed by atoms with E-state index >= 15 is 0 Å². The highest BCUT2D eigenvalue weighted by molar-refractivity contribution is 5.88. The van der Waals surface area contributed by atoms with Gasteiger partial charge in [0, 0.05) is 43.3 Å². The summed E-state index contributed by atoms with van der Waals surface area (Å²) in [5, 5.41) is 0. The maximum atomic E-state index is 13.6. The van der Waals surface area contributed by atoms with Gasteiger partial charge >= 0.3 is 0 Å². The van der Waals surface area contributed by atoms with Crippen molar-refractivity contribution in [2.75, 3.05) is 19.6 Å².